The van der Waals surface area contributed by atoms with Gasteiger partial charge in [-0.1, -0.05) is 0 Å². The molecule has 3 atom stereocenters. The SMILES string of the molecule is C[C@@H]1CN(C[C@H]2CCCN2S(=O)(=O)CCN(C)C)C[C@H](C)O1. The molecule has 0 aliphatic carbocycles. The van der Waals surface area contributed by atoms with Crippen molar-refractivity contribution in [3.8, 4) is 0 Å². The fraction of sp³-hybridized carbons (Fsp3) is 1.00. The molecule has 0 bridgehead atoms. The first kappa shape index (κ1) is 18.1. The number of ether oxygens (including phenoxy) is 1. The van der Waals surface area contributed by atoms with E-state index in [0.29, 0.717) is 13.1 Å². The molecule has 2 aliphatic rings. The Morgan fingerprint density at radius 1 is 1.18 bits per heavy atom. The van der Waals surface area contributed by atoms with Crippen molar-refractivity contribution in [1.29, 1.82) is 0 Å². The van der Waals surface area contributed by atoms with Gasteiger partial charge in [0, 0.05) is 38.8 Å². The molecule has 130 valence electrons. The first-order valence-corrected chi connectivity index (χ1v) is 9.91. The highest BCUT2D eigenvalue weighted by Crippen LogP contribution is 2.23. The molecule has 0 radical (unpaired) electrons. The first-order valence-electron chi connectivity index (χ1n) is 8.30. The predicted octanol–water partition coefficient (Wildman–Crippen LogP) is 0.451. The number of sulfonamides is 1. The predicted molar refractivity (Wildman–Crippen MR) is 88.5 cm³/mol. The lowest BCUT2D eigenvalue weighted by Gasteiger charge is -2.38. The molecule has 0 aromatic rings. The Hall–Kier alpha value is -0.210. The number of nitrogens with zero attached hydrogens (tertiary/aromatic N) is 3. The molecule has 0 aromatic heterocycles. The Kier molecular flexibility index (Phi) is 6.24. The van der Waals surface area contributed by atoms with Crippen molar-refractivity contribution in [2.24, 2.45) is 0 Å². The molecule has 22 heavy (non-hydrogen) atoms. The zero-order valence-electron chi connectivity index (χ0n) is 14.4. The van der Waals surface area contributed by atoms with E-state index in [4.69, 9.17) is 4.74 Å². The normalized spacial score (nSPS) is 32.0. The van der Waals surface area contributed by atoms with Gasteiger partial charge >= 0.3 is 0 Å². The fourth-order valence-electron chi connectivity index (χ4n) is 3.50. The molecule has 2 rings (SSSR count). The zero-order valence-corrected chi connectivity index (χ0v) is 15.2. The van der Waals surface area contributed by atoms with Gasteiger partial charge in [-0.05, 0) is 40.8 Å². The van der Waals surface area contributed by atoms with Crippen molar-refractivity contribution >= 4 is 10.0 Å². The summed E-state index contributed by atoms with van der Waals surface area (Å²) in [6, 6.07) is 0.129. The molecule has 0 aromatic carbocycles. The number of rotatable bonds is 6. The molecule has 2 fully saturated rings. The van der Waals surface area contributed by atoms with Crippen LogP contribution in [0.4, 0.5) is 0 Å². The quantitative estimate of drug-likeness (QED) is 0.706. The van der Waals surface area contributed by atoms with Crippen LogP contribution in [0.3, 0.4) is 0 Å². The molecule has 2 heterocycles. The average molecular weight is 333 g/mol. The van der Waals surface area contributed by atoms with Gasteiger partial charge in [-0.25, -0.2) is 8.42 Å². The molecule has 0 spiro atoms. The van der Waals surface area contributed by atoms with E-state index in [1.807, 2.05) is 19.0 Å². The van der Waals surface area contributed by atoms with Crippen molar-refractivity contribution in [3.05, 3.63) is 0 Å². The summed E-state index contributed by atoms with van der Waals surface area (Å²) in [6.07, 6.45) is 2.40. The summed E-state index contributed by atoms with van der Waals surface area (Å²) in [5, 5.41) is 0. The molecular weight excluding hydrogens is 302 g/mol. The largest absolute Gasteiger partial charge is 0.373 e. The van der Waals surface area contributed by atoms with E-state index in [2.05, 4.69) is 18.7 Å². The molecule has 2 saturated heterocycles. The van der Waals surface area contributed by atoms with Crippen LogP contribution in [0.1, 0.15) is 26.7 Å². The lowest BCUT2D eigenvalue weighted by molar-refractivity contribution is -0.0707. The third kappa shape index (κ3) is 4.89. The Labute approximate surface area is 135 Å². The maximum absolute atomic E-state index is 12.6. The van der Waals surface area contributed by atoms with Crippen LogP contribution < -0.4 is 0 Å². The van der Waals surface area contributed by atoms with Gasteiger partial charge in [-0.3, -0.25) is 4.90 Å². The minimum absolute atomic E-state index is 0.129. The van der Waals surface area contributed by atoms with Crippen LogP contribution in [-0.4, -0.2) is 93.3 Å². The maximum Gasteiger partial charge on any atom is 0.215 e. The van der Waals surface area contributed by atoms with E-state index in [-0.39, 0.29) is 24.0 Å². The van der Waals surface area contributed by atoms with E-state index in [9.17, 15) is 8.42 Å². The molecule has 2 aliphatic heterocycles. The maximum atomic E-state index is 12.6. The minimum atomic E-state index is -3.15. The summed E-state index contributed by atoms with van der Waals surface area (Å²) < 4.78 is 32.7. The third-order valence-corrected chi connectivity index (χ3v) is 6.33. The molecule has 0 saturated carbocycles. The second kappa shape index (κ2) is 7.57. The second-order valence-corrected chi connectivity index (χ2v) is 9.04. The molecule has 7 heteroatoms. The van der Waals surface area contributed by atoms with Crippen LogP contribution in [0, 0.1) is 0 Å². The topological polar surface area (TPSA) is 53.1 Å². The van der Waals surface area contributed by atoms with Gasteiger partial charge in [-0.2, -0.15) is 4.31 Å². The molecule has 0 N–H and O–H groups in total. The van der Waals surface area contributed by atoms with Gasteiger partial charge < -0.3 is 9.64 Å². The molecule has 6 nitrogen and oxygen atoms in total. The second-order valence-electron chi connectivity index (χ2n) is 7.00. The van der Waals surface area contributed by atoms with E-state index in [0.717, 1.165) is 32.5 Å². The summed E-state index contributed by atoms with van der Waals surface area (Å²) in [5.41, 5.74) is 0. The monoisotopic (exact) mass is 333 g/mol. The number of hydrogen-bond donors (Lipinski definition) is 0. The van der Waals surface area contributed by atoms with Gasteiger partial charge in [0.2, 0.25) is 10.0 Å². The van der Waals surface area contributed by atoms with Crippen molar-refractivity contribution in [2.75, 3.05) is 52.6 Å². The highest BCUT2D eigenvalue weighted by Gasteiger charge is 2.36. The molecule has 0 amide bonds. The summed E-state index contributed by atoms with van der Waals surface area (Å²) in [5.74, 6) is 0.215. The highest BCUT2D eigenvalue weighted by atomic mass is 32.2. The summed E-state index contributed by atoms with van der Waals surface area (Å²) in [4.78, 5) is 4.29. The van der Waals surface area contributed by atoms with Gasteiger partial charge in [-0.15, -0.1) is 0 Å². The number of morpholine rings is 1. The summed E-state index contributed by atoms with van der Waals surface area (Å²) in [7, 11) is 0.672. The van der Waals surface area contributed by atoms with E-state index < -0.39 is 10.0 Å². The van der Waals surface area contributed by atoms with Crippen LogP contribution in [0.25, 0.3) is 0 Å². The lowest BCUT2D eigenvalue weighted by Crippen LogP contribution is -2.51. The van der Waals surface area contributed by atoms with Crippen LogP contribution >= 0.6 is 0 Å². The van der Waals surface area contributed by atoms with Gasteiger partial charge in [0.25, 0.3) is 0 Å². The molecular formula is C15H31N3O3S. The Morgan fingerprint density at radius 2 is 1.82 bits per heavy atom. The summed E-state index contributed by atoms with van der Waals surface area (Å²) in [6.45, 7) is 8.05. The zero-order chi connectivity index (χ0) is 16.3. The number of hydrogen-bond acceptors (Lipinski definition) is 5. The van der Waals surface area contributed by atoms with Gasteiger partial charge in [0.1, 0.15) is 0 Å². The van der Waals surface area contributed by atoms with E-state index in [1.165, 1.54) is 0 Å². The van der Waals surface area contributed by atoms with Crippen molar-refractivity contribution in [3.63, 3.8) is 0 Å². The first-order chi connectivity index (χ1) is 10.3. The van der Waals surface area contributed by atoms with Crippen LogP contribution in [-0.2, 0) is 14.8 Å². The fourth-order valence-corrected chi connectivity index (χ4v) is 5.37. The van der Waals surface area contributed by atoms with Crippen LogP contribution in [0.15, 0.2) is 0 Å². The van der Waals surface area contributed by atoms with E-state index in [1.54, 1.807) is 4.31 Å². The van der Waals surface area contributed by atoms with Crippen molar-refractivity contribution in [2.45, 2.75) is 44.9 Å². The third-order valence-electron chi connectivity index (χ3n) is 4.44. The Morgan fingerprint density at radius 3 is 2.41 bits per heavy atom. The van der Waals surface area contributed by atoms with Gasteiger partial charge in [0.05, 0.1) is 18.0 Å². The van der Waals surface area contributed by atoms with Gasteiger partial charge in [0.15, 0.2) is 0 Å². The van der Waals surface area contributed by atoms with Crippen molar-refractivity contribution in [1.82, 2.24) is 14.1 Å². The van der Waals surface area contributed by atoms with E-state index >= 15 is 0 Å². The van der Waals surface area contributed by atoms with Crippen molar-refractivity contribution < 1.29 is 13.2 Å². The summed E-state index contributed by atoms with van der Waals surface area (Å²) >= 11 is 0. The molecule has 0 unspecified atom stereocenters. The standard InChI is InChI=1S/C15H31N3O3S/c1-13-10-17(11-14(2)21-13)12-15-6-5-7-18(15)22(19,20)9-8-16(3)4/h13-15H,5-12H2,1-4H3/t13-,14+,15-/m1/s1. The van der Waals surface area contributed by atoms with Crippen LogP contribution in [0.5, 0.6) is 0 Å². The van der Waals surface area contributed by atoms with Crippen LogP contribution in [0.2, 0.25) is 0 Å². The highest BCUT2D eigenvalue weighted by molar-refractivity contribution is 7.89. The minimum Gasteiger partial charge on any atom is -0.373 e. The Balaban J connectivity index is 1.95. The lowest BCUT2D eigenvalue weighted by atomic mass is 10.1. The Bertz CT molecular complexity index is 445. The smallest absolute Gasteiger partial charge is 0.215 e. The average Bonchev–Trinajstić information content (AvgIpc) is 2.84.